The molecule has 3 saturated carbocycles. The number of unbranched alkanes of at least 4 members (excludes halogenated alkanes) is 1. The zero-order valence-corrected chi connectivity index (χ0v) is 26.8. The van der Waals surface area contributed by atoms with E-state index in [0.717, 1.165) is 42.4 Å². The molecule has 0 heterocycles. The van der Waals surface area contributed by atoms with Crippen molar-refractivity contribution in [2.45, 2.75) is 111 Å². The van der Waals surface area contributed by atoms with E-state index in [9.17, 15) is 9.59 Å². The molecule has 5 aliphatic rings. The van der Waals surface area contributed by atoms with Crippen LogP contribution < -0.4 is 4.74 Å². The van der Waals surface area contributed by atoms with Crippen LogP contribution in [0.25, 0.3) is 0 Å². The van der Waals surface area contributed by atoms with Gasteiger partial charge >= 0.3 is 0 Å². The minimum Gasteiger partial charge on any atom is -0.490 e. The van der Waals surface area contributed by atoms with Gasteiger partial charge in [-0.3, -0.25) is 9.59 Å². The lowest BCUT2D eigenvalue weighted by atomic mass is 9.47. The molecule has 7 unspecified atom stereocenters. The van der Waals surface area contributed by atoms with Gasteiger partial charge in [-0.05, 0) is 110 Å². The Morgan fingerprint density at radius 1 is 0.837 bits per heavy atom. The first-order valence-electron chi connectivity index (χ1n) is 17.4. The molecule has 2 aromatic carbocycles. The quantitative estimate of drug-likeness (QED) is 0.207. The monoisotopic (exact) mass is 578 g/mol. The molecule has 5 aliphatic carbocycles. The fourth-order valence-electron chi connectivity index (χ4n) is 10.6. The second-order valence-corrected chi connectivity index (χ2v) is 15.7. The van der Waals surface area contributed by atoms with Crippen LogP contribution in [0.15, 0.2) is 54.1 Å². The van der Waals surface area contributed by atoms with Gasteiger partial charge in [-0.15, -0.1) is 0 Å². The molecule has 2 aromatic rings. The predicted octanol–water partition coefficient (Wildman–Crippen LogP) is 10.0. The first-order chi connectivity index (χ1) is 20.7. The third-order valence-corrected chi connectivity index (χ3v) is 13.0. The molecule has 0 radical (unpaired) electrons. The van der Waals surface area contributed by atoms with E-state index < -0.39 is 0 Å². The third-order valence-electron chi connectivity index (χ3n) is 13.0. The van der Waals surface area contributed by atoms with Gasteiger partial charge in [0.05, 0.1) is 0 Å². The molecular weight excluding hydrogens is 528 g/mol. The topological polar surface area (TPSA) is 43.4 Å². The maximum absolute atomic E-state index is 13.3. The zero-order valence-electron chi connectivity index (χ0n) is 26.8. The summed E-state index contributed by atoms with van der Waals surface area (Å²) < 4.78 is 6.58. The van der Waals surface area contributed by atoms with E-state index in [2.05, 4.69) is 33.8 Å². The molecule has 0 N–H and O–H groups in total. The number of carbonyl (C=O) groups excluding carboxylic acids is 2. The van der Waals surface area contributed by atoms with Crippen LogP contribution in [-0.2, 0) is 0 Å². The Labute approximate surface area is 258 Å². The van der Waals surface area contributed by atoms with Crippen molar-refractivity contribution >= 4 is 11.6 Å². The number of ketones is 2. The molecule has 228 valence electrons. The Bertz CT molecular complexity index is 1450. The van der Waals surface area contributed by atoms with Crippen molar-refractivity contribution in [1.82, 2.24) is 0 Å². The Morgan fingerprint density at radius 2 is 1.58 bits per heavy atom. The van der Waals surface area contributed by atoms with Gasteiger partial charge in [0.25, 0.3) is 0 Å². The molecule has 0 saturated heterocycles. The van der Waals surface area contributed by atoms with Gasteiger partial charge in [0.15, 0.2) is 11.6 Å². The summed E-state index contributed by atoms with van der Waals surface area (Å²) in [5.41, 5.74) is 4.42. The van der Waals surface area contributed by atoms with Crippen LogP contribution in [-0.4, -0.2) is 17.7 Å². The summed E-state index contributed by atoms with van der Waals surface area (Å²) in [4.78, 5) is 26.3. The van der Waals surface area contributed by atoms with Crippen molar-refractivity contribution in [2.24, 2.45) is 40.4 Å². The normalized spacial score (nSPS) is 34.5. The van der Waals surface area contributed by atoms with Gasteiger partial charge in [-0.25, -0.2) is 0 Å². The number of allylic oxidation sites excluding steroid dienone is 1. The summed E-state index contributed by atoms with van der Waals surface area (Å²) in [7, 11) is 0. The summed E-state index contributed by atoms with van der Waals surface area (Å²) in [6, 6.07) is 12.6. The number of rotatable bonds is 7. The van der Waals surface area contributed by atoms with Gasteiger partial charge in [-0.1, -0.05) is 82.9 Å². The Hall–Kier alpha value is -2.68. The molecule has 0 aliphatic heterocycles. The highest BCUT2D eigenvalue weighted by molar-refractivity contribution is 6.28. The smallest absolute Gasteiger partial charge is 0.194 e. The van der Waals surface area contributed by atoms with Crippen molar-refractivity contribution in [2.75, 3.05) is 0 Å². The van der Waals surface area contributed by atoms with Gasteiger partial charge in [-0.2, -0.15) is 0 Å². The molecule has 3 fully saturated rings. The first-order valence-corrected chi connectivity index (χ1v) is 17.4. The van der Waals surface area contributed by atoms with E-state index in [1.807, 2.05) is 24.3 Å². The number of fused-ring (bicyclic) bond motifs is 7. The average molecular weight is 579 g/mol. The van der Waals surface area contributed by atoms with Crippen LogP contribution in [0.4, 0.5) is 0 Å². The highest BCUT2D eigenvalue weighted by Gasteiger charge is 2.58. The molecule has 0 amide bonds. The zero-order chi connectivity index (χ0) is 29.9. The lowest BCUT2D eigenvalue weighted by Gasteiger charge is -2.58. The Morgan fingerprint density at radius 3 is 2.35 bits per heavy atom. The highest BCUT2D eigenvalue weighted by Crippen LogP contribution is 2.66. The molecular formula is C40H50O3. The van der Waals surface area contributed by atoms with E-state index in [-0.39, 0.29) is 17.7 Å². The number of ether oxygens (including phenoxy) is 1. The lowest BCUT2D eigenvalue weighted by molar-refractivity contribution is -0.0492. The highest BCUT2D eigenvalue weighted by atomic mass is 16.5. The molecule has 0 bridgehead atoms. The van der Waals surface area contributed by atoms with Gasteiger partial charge in [0.2, 0.25) is 0 Å². The Balaban J connectivity index is 1.03. The molecule has 43 heavy (non-hydrogen) atoms. The minimum absolute atomic E-state index is 0.0737. The maximum atomic E-state index is 13.3. The third kappa shape index (κ3) is 4.84. The predicted molar refractivity (Wildman–Crippen MR) is 173 cm³/mol. The standard InChI is InChI=1S/C40H50O3/c1-25(2)9-5-6-10-26-14-18-35-33-16-13-27-23-29(19-21-40(27,4)36(33)20-22-39(26,35)3)43-28-15-17-32-34(24-28)38(42)31-12-8-7-11-30(31)37(32)41/h7-8,11-13,15,17,24-26,29,33,35-36H,5-6,9-10,14,16,18-23H2,1-4H3. The van der Waals surface area contributed by atoms with Crippen LogP contribution in [0.1, 0.15) is 137 Å². The Kier molecular flexibility index (Phi) is 7.46. The van der Waals surface area contributed by atoms with Crippen LogP contribution in [0, 0.1) is 40.4 Å². The van der Waals surface area contributed by atoms with E-state index in [4.69, 9.17) is 4.74 Å². The van der Waals surface area contributed by atoms with Crippen LogP contribution in [0.5, 0.6) is 5.75 Å². The van der Waals surface area contributed by atoms with Crippen molar-refractivity contribution in [3.8, 4) is 5.75 Å². The second-order valence-electron chi connectivity index (χ2n) is 15.7. The number of carbonyl (C=O) groups is 2. The van der Waals surface area contributed by atoms with Crippen LogP contribution in [0.3, 0.4) is 0 Å². The summed E-state index contributed by atoms with van der Waals surface area (Å²) in [6.07, 6.45) is 18.6. The van der Waals surface area contributed by atoms with E-state index in [1.165, 1.54) is 64.2 Å². The number of benzene rings is 2. The average Bonchev–Trinajstić information content (AvgIpc) is 3.34. The number of hydrogen-bond acceptors (Lipinski definition) is 3. The van der Waals surface area contributed by atoms with Crippen LogP contribution >= 0.6 is 0 Å². The summed E-state index contributed by atoms with van der Waals surface area (Å²) in [6.45, 7) is 9.97. The molecule has 3 heteroatoms. The van der Waals surface area contributed by atoms with E-state index in [0.29, 0.717) is 38.8 Å². The van der Waals surface area contributed by atoms with Gasteiger partial charge in [0.1, 0.15) is 11.9 Å². The number of hydrogen-bond donors (Lipinski definition) is 0. The fourth-order valence-corrected chi connectivity index (χ4v) is 10.6. The molecule has 3 nitrogen and oxygen atoms in total. The molecule has 7 atom stereocenters. The molecule has 0 spiro atoms. The lowest BCUT2D eigenvalue weighted by Crippen LogP contribution is -2.50. The maximum Gasteiger partial charge on any atom is 0.194 e. The SMILES string of the molecule is CC(C)CCCCC1CCC2C3CC=C4CC(Oc5ccc6c(c5)C(=O)c5ccccc5C6=O)CCC4(C)C3CCC12C. The first kappa shape index (κ1) is 29.1. The van der Waals surface area contributed by atoms with Crippen molar-refractivity contribution in [3.63, 3.8) is 0 Å². The van der Waals surface area contributed by atoms with Crippen LogP contribution in [0.2, 0.25) is 0 Å². The summed E-state index contributed by atoms with van der Waals surface area (Å²) in [5, 5.41) is 0. The largest absolute Gasteiger partial charge is 0.490 e. The molecule has 7 rings (SSSR count). The van der Waals surface area contributed by atoms with Crippen molar-refractivity contribution in [1.29, 1.82) is 0 Å². The molecule has 0 aromatic heterocycles. The van der Waals surface area contributed by atoms with Crippen molar-refractivity contribution < 1.29 is 14.3 Å². The van der Waals surface area contributed by atoms with Gasteiger partial charge < -0.3 is 4.74 Å². The van der Waals surface area contributed by atoms with E-state index >= 15 is 0 Å². The minimum atomic E-state index is -0.0816. The second kappa shape index (κ2) is 11.0. The fraction of sp³-hybridized carbons (Fsp3) is 0.600. The summed E-state index contributed by atoms with van der Waals surface area (Å²) in [5.74, 6) is 4.86. The van der Waals surface area contributed by atoms with Crippen molar-refractivity contribution in [3.05, 3.63) is 76.4 Å². The van der Waals surface area contributed by atoms with E-state index in [1.54, 1.807) is 23.8 Å². The summed E-state index contributed by atoms with van der Waals surface area (Å²) >= 11 is 0. The van der Waals surface area contributed by atoms with Gasteiger partial charge in [0, 0.05) is 28.7 Å².